The van der Waals surface area contributed by atoms with Crippen LogP contribution in [0.1, 0.15) is 17.2 Å². The molecule has 0 spiro atoms. The molecule has 1 aliphatic heterocycles. The smallest absolute Gasteiger partial charge is 0.301 e. The third-order valence-corrected chi connectivity index (χ3v) is 7.03. The molecule has 1 fully saturated rings. The first-order valence-electron chi connectivity index (χ1n) is 11.0. The van der Waals surface area contributed by atoms with E-state index < -0.39 is 17.7 Å². The van der Waals surface area contributed by atoms with Crippen molar-refractivity contribution in [2.24, 2.45) is 0 Å². The Hall–Kier alpha value is -4.37. The van der Waals surface area contributed by atoms with Crippen molar-refractivity contribution >= 4 is 44.1 Å². The number of aliphatic hydroxyl groups is 1. The molecule has 1 saturated heterocycles. The molecule has 1 aromatic heterocycles. The fraction of sp³-hybridized carbons (Fsp3) is 0.148. The van der Waals surface area contributed by atoms with E-state index >= 15 is 0 Å². The van der Waals surface area contributed by atoms with E-state index in [4.69, 9.17) is 14.2 Å². The summed E-state index contributed by atoms with van der Waals surface area (Å²) in [6.45, 7) is 0. The van der Waals surface area contributed by atoms with Gasteiger partial charge in [-0.3, -0.25) is 14.5 Å². The molecule has 0 radical (unpaired) electrons. The summed E-state index contributed by atoms with van der Waals surface area (Å²) in [5.74, 6) is -0.478. The molecule has 0 unspecified atom stereocenters. The number of benzene rings is 3. The first-order valence-corrected chi connectivity index (χ1v) is 11.8. The lowest BCUT2D eigenvalue weighted by Crippen LogP contribution is -2.29. The van der Waals surface area contributed by atoms with Crippen LogP contribution in [-0.2, 0) is 9.59 Å². The van der Waals surface area contributed by atoms with Crippen molar-refractivity contribution in [3.8, 4) is 17.2 Å². The van der Waals surface area contributed by atoms with Crippen LogP contribution in [0.4, 0.5) is 5.13 Å². The van der Waals surface area contributed by atoms with Gasteiger partial charge < -0.3 is 19.3 Å². The maximum Gasteiger partial charge on any atom is 0.301 e. The van der Waals surface area contributed by atoms with Gasteiger partial charge in [0, 0.05) is 11.1 Å². The number of ketones is 1. The number of carbonyl (C=O) groups is 2. The van der Waals surface area contributed by atoms with Gasteiger partial charge in [-0.25, -0.2) is 4.98 Å². The monoisotopic (exact) mass is 502 g/mol. The molecule has 1 N–H and O–H groups in total. The van der Waals surface area contributed by atoms with E-state index in [1.807, 2.05) is 6.07 Å². The van der Waals surface area contributed by atoms with Gasteiger partial charge in [0.15, 0.2) is 16.6 Å². The number of nitrogens with zero attached hydrogens (tertiary/aromatic N) is 2. The number of anilines is 1. The number of aromatic nitrogens is 1. The molecule has 1 atom stereocenters. The Morgan fingerprint density at radius 3 is 2.42 bits per heavy atom. The number of ether oxygens (including phenoxy) is 3. The number of aliphatic hydroxyl groups excluding tert-OH is 1. The van der Waals surface area contributed by atoms with E-state index in [0.29, 0.717) is 39.0 Å². The second kappa shape index (κ2) is 9.35. The summed E-state index contributed by atoms with van der Waals surface area (Å²) >= 11 is 1.25. The molecule has 9 heteroatoms. The first-order chi connectivity index (χ1) is 17.5. The van der Waals surface area contributed by atoms with Crippen molar-refractivity contribution in [1.29, 1.82) is 0 Å². The van der Waals surface area contributed by atoms with E-state index in [2.05, 4.69) is 4.98 Å². The molecule has 0 bridgehead atoms. The molecule has 2 heterocycles. The zero-order chi connectivity index (χ0) is 25.4. The topological polar surface area (TPSA) is 98.2 Å². The molecular formula is C27H22N2O6S. The van der Waals surface area contributed by atoms with Crippen molar-refractivity contribution in [2.75, 3.05) is 26.2 Å². The highest BCUT2D eigenvalue weighted by Gasteiger charge is 2.49. The molecule has 8 nitrogen and oxygen atoms in total. The van der Waals surface area contributed by atoms with Crippen LogP contribution >= 0.6 is 11.3 Å². The standard InChI is InChI=1S/C27H22N2O6S/c1-33-16-12-13-18-20(14-16)36-27(28-18)29-22(17-10-7-11-19(34-2)25(17)35-3)21(24(31)26(29)32)23(30)15-8-5-4-6-9-15/h4-14,22,30H,1-3H3/b23-21+/t22-/m1/s1. The van der Waals surface area contributed by atoms with E-state index in [1.165, 1.54) is 30.5 Å². The van der Waals surface area contributed by atoms with Gasteiger partial charge in [-0.05, 0) is 24.3 Å². The SMILES string of the molecule is COc1ccc2nc(N3C(=O)C(=O)/C(=C(/O)c4ccccc4)[C@H]3c3cccc(OC)c3OC)sc2c1. The van der Waals surface area contributed by atoms with Crippen LogP contribution in [0.2, 0.25) is 0 Å². The van der Waals surface area contributed by atoms with Crippen molar-refractivity contribution in [2.45, 2.75) is 6.04 Å². The maximum atomic E-state index is 13.5. The van der Waals surface area contributed by atoms with E-state index in [1.54, 1.807) is 67.8 Å². The average molecular weight is 503 g/mol. The van der Waals surface area contributed by atoms with Crippen LogP contribution in [0.3, 0.4) is 0 Å². The van der Waals surface area contributed by atoms with E-state index in [9.17, 15) is 14.7 Å². The molecule has 0 aliphatic carbocycles. The van der Waals surface area contributed by atoms with Crippen LogP contribution in [0, 0.1) is 0 Å². The van der Waals surface area contributed by atoms with Gasteiger partial charge in [-0.1, -0.05) is 53.8 Å². The van der Waals surface area contributed by atoms with Gasteiger partial charge in [0.1, 0.15) is 17.6 Å². The van der Waals surface area contributed by atoms with Gasteiger partial charge in [-0.15, -0.1) is 0 Å². The van der Waals surface area contributed by atoms with Gasteiger partial charge >= 0.3 is 5.91 Å². The summed E-state index contributed by atoms with van der Waals surface area (Å²) in [6.07, 6.45) is 0. The predicted molar refractivity (Wildman–Crippen MR) is 137 cm³/mol. The molecule has 4 aromatic rings. The Kier molecular flexibility index (Phi) is 6.07. The summed E-state index contributed by atoms with van der Waals surface area (Å²) in [5, 5.41) is 11.6. The number of hydrogen-bond acceptors (Lipinski definition) is 8. The molecular weight excluding hydrogens is 480 g/mol. The van der Waals surface area contributed by atoms with E-state index in [-0.39, 0.29) is 11.3 Å². The highest BCUT2D eigenvalue weighted by molar-refractivity contribution is 7.22. The number of Topliss-reactive ketones (excluding diaryl/α,β-unsaturated/α-hetero) is 1. The lowest BCUT2D eigenvalue weighted by atomic mass is 9.94. The van der Waals surface area contributed by atoms with Gasteiger partial charge in [0.2, 0.25) is 0 Å². The number of thiazole rings is 1. The quantitative estimate of drug-likeness (QED) is 0.226. The van der Waals surface area contributed by atoms with Crippen molar-refractivity contribution in [1.82, 2.24) is 4.98 Å². The summed E-state index contributed by atoms with van der Waals surface area (Å²) in [6, 6.07) is 18.2. The molecule has 3 aromatic carbocycles. The Balaban J connectivity index is 1.78. The first kappa shape index (κ1) is 23.4. The van der Waals surface area contributed by atoms with Crippen LogP contribution in [-0.4, -0.2) is 43.1 Å². The number of para-hydroxylation sites is 1. The maximum absolute atomic E-state index is 13.5. The molecule has 182 valence electrons. The van der Waals surface area contributed by atoms with Gasteiger partial charge in [0.25, 0.3) is 5.78 Å². The molecule has 36 heavy (non-hydrogen) atoms. The Morgan fingerprint density at radius 2 is 1.72 bits per heavy atom. The number of hydrogen-bond donors (Lipinski definition) is 1. The molecule has 5 rings (SSSR count). The second-order valence-corrected chi connectivity index (χ2v) is 8.96. The summed E-state index contributed by atoms with van der Waals surface area (Å²) in [5.41, 5.74) is 1.48. The van der Waals surface area contributed by atoms with Crippen LogP contribution in [0.25, 0.3) is 16.0 Å². The minimum absolute atomic E-state index is 0.0606. The zero-order valence-corrected chi connectivity index (χ0v) is 20.5. The van der Waals surface area contributed by atoms with Crippen LogP contribution in [0.15, 0.2) is 72.3 Å². The van der Waals surface area contributed by atoms with Gasteiger partial charge in [0.05, 0.1) is 37.1 Å². The number of rotatable bonds is 6. The van der Waals surface area contributed by atoms with E-state index in [0.717, 1.165) is 4.70 Å². The average Bonchev–Trinajstić information content (AvgIpc) is 3.45. The number of carbonyl (C=O) groups excluding carboxylic acids is 2. The van der Waals surface area contributed by atoms with Crippen molar-refractivity contribution < 1.29 is 28.9 Å². The Bertz CT molecular complexity index is 1510. The minimum atomic E-state index is -1.00. The summed E-state index contributed by atoms with van der Waals surface area (Å²) in [7, 11) is 4.55. The third kappa shape index (κ3) is 3.74. The lowest BCUT2D eigenvalue weighted by molar-refractivity contribution is -0.132. The normalized spacial score (nSPS) is 17.0. The Labute approximate surface area is 211 Å². The Morgan fingerprint density at radius 1 is 0.944 bits per heavy atom. The zero-order valence-electron chi connectivity index (χ0n) is 19.7. The lowest BCUT2D eigenvalue weighted by Gasteiger charge is -2.25. The number of amides is 1. The third-order valence-electron chi connectivity index (χ3n) is 6.01. The fourth-order valence-corrected chi connectivity index (χ4v) is 5.35. The largest absolute Gasteiger partial charge is 0.507 e. The summed E-state index contributed by atoms with van der Waals surface area (Å²) in [4.78, 5) is 32.9. The summed E-state index contributed by atoms with van der Waals surface area (Å²) < 4.78 is 17.2. The molecule has 0 saturated carbocycles. The van der Waals surface area contributed by atoms with Crippen LogP contribution in [0.5, 0.6) is 17.2 Å². The van der Waals surface area contributed by atoms with Crippen LogP contribution < -0.4 is 19.1 Å². The second-order valence-electron chi connectivity index (χ2n) is 7.95. The minimum Gasteiger partial charge on any atom is -0.507 e. The highest BCUT2D eigenvalue weighted by atomic mass is 32.1. The molecule has 1 aliphatic rings. The highest BCUT2D eigenvalue weighted by Crippen LogP contribution is 2.48. The number of fused-ring (bicyclic) bond motifs is 1. The number of methoxy groups -OCH3 is 3. The molecule has 1 amide bonds. The fourth-order valence-electron chi connectivity index (χ4n) is 4.33. The predicted octanol–water partition coefficient (Wildman–Crippen LogP) is 4.95. The van der Waals surface area contributed by atoms with Gasteiger partial charge in [-0.2, -0.15) is 0 Å². The van der Waals surface area contributed by atoms with Crippen molar-refractivity contribution in [3.63, 3.8) is 0 Å². The van der Waals surface area contributed by atoms with Crippen molar-refractivity contribution in [3.05, 3.63) is 83.4 Å².